The van der Waals surface area contributed by atoms with Crippen molar-refractivity contribution in [2.45, 2.75) is 198 Å². The van der Waals surface area contributed by atoms with Crippen molar-refractivity contribution in [1.29, 1.82) is 0 Å². The molecule has 336 valence electrons. The average Bonchev–Trinajstić information content (AvgIpc) is 3.39. The minimum absolute atomic E-state index is 0.0848. The number of carbonyl (C=O) groups is 2. The smallest absolute Gasteiger partial charge is 0.303 e. The van der Waals surface area contributed by atoms with Gasteiger partial charge in [0.05, 0.1) is 43.2 Å². The van der Waals surface area contributed by atoms with Gasteiger partial charge in [-0.3, -0.25) is 9.59 Å². The lowest BCUT2D eigenvalue weighted by Crippen LogP contribution is -2.66. The molecule has 21 atom stereocenters. The van der Waals surface area contributed by atoms with E-state index in [1.165, 1.54) is 13.8 Å². The van der Waals surface area contributed by atoms with Crippen molar-refractivity contribution in [3.63, 3.8) is 0 Å². The Kier molecular flexibility index (Phi) is 11.1. The van der Waals surface area contributed by atoms with Crippen LogP contribution in [-0.2, 0) is 38.0 Å². The van der Waals surface area contributed by atoms with Crippen LogP contribution in [-0.4, -0.2) is 146 Å². The van der Waals surface area contributed by atoms with Gasteiger partial charge < -0.3 is 64.2 Å². The molecule has 0 radical (unpaired) electrons. The van der Waals surface area contributed by atoms with Gasteiger partial charge in [-0.05, 0) is 116 Å². The van der Waals surface area contributed by atoms with Crippen LogP contribution in [0.3, 0.4) is 0 Å². The summed E-state index contributed by atoms with van der Waals surface area (Å²) in [5.74, 6) is -1.72. The van der Waals surface area contributed by atoms with E-state index in [2.05, 4.69) is 27.7 Å². The van der Waals surface area contributed by atoms with E-state index in [1.54, 1.807) is 13.8 Å². The zero-order valence-corrected chi connectivity index (χ0v) is 36.0. The van der Waals surface area contributed by atoms with Gasteiger partial charge in [0.25, 0.3) is 0 Å². The minimum Gasteiger partial charge on any atom is -0.456 e. The van der Waals surface area contributed by atoms with Crippen LogP contribution in [0.1, 0.15) is 113 Å². The van der Waals surface area contributed by atoms with Gasteiger partial charge in [0.15, 0.2) is 18.5 Å². The molecule has 59 heavy (non-hydrogen) atoms. The Bertz CT molecular complexity index is 1620. The van der Waals surface area contributed by atoms with Crippen molar-refractivity contribution in [2.75, 3.05) is 13.2 Å². The lowest BCUT2D eigenvalue weighted by atomic mass is 9.40. The van der Waals surface area contributed by atoms with Crippen LogP contribution in [0.2, 0.25) is 0 Å². The van der Waals surface area contributed by atoms with Crippen molar-refractivity contribution >= 4 is 11.9 Å². The molecular formula is C44H70O15. The molecule has 0 bridgehead atoms. The number of aliphatic hydroxyl groups excluding tert-OH is 6. The Labute approximate surface area is 347 Å². The highest BCUT2D eigenvalue weighted by Crippen LogP contribution is 2.89. The normalized spacial score (nSPS) is 54.0. The second kappa shape index (κ2) is 14.8. The fraction of sp³-hybridized carbons (Fsp3) is 0.955. The summed E-state index contributed by atoms with van der Waals surface area (Å²) in [5.41, 5.74) is -2.60. The van der Waals surface area contributed by atoms with Gasteiger partial charge in [0, 0.05) is 19.8 Å². The molecule has 5 aliphatic carbocycles. The van der Waals surface area contributed by atoms with Gasteiger partial charge in [-0.2, -0.15) is 0 Å². The number of rotatable bonds is 8. The van der Waals surface area contributed by atoms with E-state index >= 15 is 0 Å². The van der Waals surface area contributed by atoms with Crippen LogP contribution in [0.5, 0.6) is 0 Å². The highest BCUT2D eigenvalue weighted by molar-refractivity contribution is 5.67. The summed E-state index contributed by atoms with van der Waals surface area (Å²) in [6, 6.07) is 0. The molecule has 0 unspecified atom stereocenters. The first-order chi connectivity index (χ1) is 27.5. The second-order valence-electron chi connectivity index (χ2n) is 21.6. The monoisotopic (exact) mass is 838 g/mol. The van der Waals surface area contributed by atoms with Gasteiger partial charge >= 0.3 is 11.9 Å². The van der Waals surface area contributed by atoms with Gasteiger partial charge in [-0.25, -0.2) is 0 Å². The average molecular weight is 839 g/mol. The Hall–Kier alpha value is -1.50. The number of aliphatic hydroxyl groups is 7. The van der Waals surface area contributed by atoms with Crippen molar-refractivity contribution in [3.8, 4) is 0 Å². The first-order valence-corrected chi connectivity index (χ1v) is 22.1. The van der Waals surface area contributed by atoms with Crippen molar-refractivity contribution in [3.05, 3.63) is 0 Å². The predicted molar refractivity (Wildman–Crippen MR) is 207 cm³/mol. The largest absolute Gasteiger partial charge is 0.456 e. The van der Waals surface area contributed by atoms with Crippen LogP contribution in [0.25, 0.3) is 0 Å². The number of carbonyl (C=O) groups excluding carboxylic acids is 2. The van der Waals surface area contributed by atoms with E-state index in [4.69, 9.17) is 28.4 Å². The summed E-state index contributed by atoms with van der Waals surface area (Å²) in [6.45, 7) is 14.3. The third-order valence-corrected chi connectivity index (χ3v) is 18.1. The van der Waals surface area contributed by atoms with Crippen LogP contribution in [0.15, 0.2) is 0 Å². The van der Waals surface area contributed by atoms with Crippen LogP contribution >= 0.6 is 0 Å². The molecule has 15 nitrogen and oxygen atoms in total. The zero-order valence-electron chi connectivity index (χ0n) is 36.0. The Morgan fingerprint density at radius 2 is 1.47 bits per heavy atom. The molecule has 3 aliphatic heterocycles. The topological polar surface area (TPSA) is 231 Å². The third-order valence-electron chi connectivity index (χ3n) is 18.1. The molecule has 8 fully saturated rings. The molecule has 3 heterocycles. The number of esters is 2. The van der Waals surface area contributed by atoms with E-state index in [1.807, 2.05) is 0 Å². The zero-order chi connectivity index (χ0) is 43.0. The fourth-order valence-electron chi connectivity index (χ4n) is 15.5. The highest BCUT2D eigenvalue weighted by atomic mass is 16.7. The van der Waals surface area contributed by atoms with Crippen molar-refractivity contribution in [1.82, 2.24) is 0 Å². The molecule has 3 saturated heterocycles. The van der Waals surface area contributed by atoms with Gasteiger partial charge in [-0.1, -0.05) is 27.7 Å². The molecule has 5 saturated carbocycles. The van der Waals surface area contributed by atoms with E-state index in [9.17, 15) is 45.3 Å². The quantitative estimate of drug-likeness (QED) is 0.136. The molecule has 8 aliphatic rings. The lowest BCUT2D eigenvalue weighted by molar-refractivity contribution is -0.332. The Balaban J connectivity index is 1.17. The summed E-state index contributed by atoms with van der Waals surface area (Å²) in [4.78, 5) is 24.8. The lowest BCUT2D eigenvalue weighted by Gasteiger charge is -2.66. The third kappa shape index (κ3) is 6.51. The van der Waals surface area contributed by atoms with E-state index in [0.29, 0.717) is 19.3 Å². The minimum atomic E-state index is -1.62. The second-order valence-corrected chi connectivity index (χ2v) is 21.6. The SMILES string of the molecule is CC(=O)O[C@@H]1[C@@H](OC(C)=O)[C@H](O)CO[C@H]1[C@H]1CC[C@]23C[C@]24CC[C@]2(C)[C@@H]([C@H]5CC[C@@H](C(C)(C)O)O5)[C@@H](O)C[C@@]2(C)[C@@H]4C[C@H](O[C@@H]2O[C@H](CO)[C@@H](O)[C@H](O)[C@H]2O)[C@H]3C1(C)C. The Morgan fingerprint density at radius 1 is 0.797 bits per heavy atom. The van der Waals surface area contributed by atoms with Gasteiger partial charge in [-0.15, -0.1) is 0 Å². The molecule has 8 rings (SSSR count). The van der Waals surface area contributed by atoms with Gasteiger partial charge in [0.1, 0.15) is 36.6 Å². The molecule has 0 aromatic rings. The van der Waals surface area contributed by atoms with Crippen LogP contribution < -0.4 is 0 Å². The summed E-state index contributed by atoms with van der Waals surface area (Å²) < 4.78 is 37.5. The first-order valence-electron chi connectivity index (χ1n) is 22.1. The Morgan fingerprint density at radius 3 is 2.10 bits per heavy atom. The standard InChI is InChI=1S/C44H70O15/c1-20(46)55-35-24(49)18-54-34(36(35)56-21(2)47)22-11-12-44-19-43(44)14-13-41(7)30(25-9-10-29(57-25)40(5,6)53)23(48)16-42(41,8)28(43)15-26(37(44)39(22,3)4)58-38-33(52)32(51)31(50)27(17-45)59-38/h22-38,45,48-53H,9-19H2,1-8H3/t22-,23+,24-,25-,26+,27-,28+,29+,30-,31-,32+,33-,34+,35+,36+,37+,38-,41-,42+,43+,44-/m1/s1. The molecule has 15 heteroatoms. The van der Waals surface area contributed by atoms with Crippen LogP contribution in [0, 0.1) is 50.7 Å². The molecule has 2 spiro atoms. The van der Waals surface area contributed by atoms with Crippen LogP contribution in [0.4, 0.5) is 0 Å². The number of hydrogen-bond donors (Lipinski definition) is 7. The van der Waals surface area contributed by atoms with E-state index < -0.39 is 96.9 Å². The number of ether oxygens (including phenoxy) is 6. The first kappa shape index (κ1) is 44.1. The molecular weight excluding hydrogens is 768 g/mol. The summed E-state index contributed by atoms with van der Waals surface area (Å²) in [7, 11) is 0. The molecule has 0 aromatic carbocycles. The van der Waals surface area contributed by atoms with Crippen molar-refractivity contribution in [2.24, 2.45) is 50.7 Å². The predicted octanol–water partition coefficient (Wildman–Crippen LogP) is 1.75. The van der Waals surface area contributed by atoms with E-state index in [-0.39, 0.29) is 64.1 Å². The fourth-order valence-corrected chi connectivity index (χ4v) is 15.5. The van der Waals surface area contributed by atoms with E-state index in [0.717, 1.165) is 38.5 Å². The summed E-state index contributed by atoms with van der Waals surface area (Å²) in [5, 5.41) is 77.0. The maximum absolute atomic E-state index is 12.6. The highest BCUT2D eigenvalue weighted by Gasteiger charge is 2.85. The molecule has 0 amide bonds. The number of hydrogen-bond acceptors (Lipinski definition) is 15. The number of fused-ring (bicyclic) bond motifs is 2. The molecule has 0 aromatic heterocycles. The van der Waals surface area contributed by atoms with Crippen molar-refractivity contribution < 1.29 is 73.8 Å². The summed E-state index contributed by atoms with van der Waals surface area (Å²) >= 11 is 0. The van der Waals surface area contributed by atoms with Gasteiger partial charge in [0.2, 0.25) is 0 Å². The maximum atomic E-state index is 12.6. The maximum Gasteiger partial charge on any atom is 0.303 e. The molecule has 7 N–H and O–H groups in total. The summed E-state index contributed by atoms with van der Waals surface area (Å²) in [6.07, 6.45) is -6.33.